The van der Waals surface area contributed by atoms with Crippen LogP contribution in [0.2, 0.25) is 0 Å². The molecule has 0 spiro atoms. The number of nitro groups is 1. The van der Waals surface area contributed by atoms with Gasteiger partial charge in [-0.15, -0.1) is 0 Å². The van der Waals surface area contributed by atoms with Gasteiger partial charge in [-0.25, -0.2) is 4.98 Å². The Kier molecular flexibility index (Phi) is 4.32. The number of fused-ring (bicyclic) bond motifs is 1. The molecule has 7 heteroatoms. The van der Waals surface area contributed by atoms with Gasteiger partial charge in [-0.1, -0.05) is 36.4 Å². The summed E-state index contributed by atoms with van der Waals surface area (Å²) >= 11 is 0. The Morgan fingerprint density at radius 2 is 1.52 bits per heavy atom. The molecule has 0 fully saturated rings. The average molecular weight is 357 g/mol. The lowest BCUT2D eigenvalue weighted by atomic mass is 10.2. The number of hydrogen-bond acceptors (Lipinski definition) is 6. The molecule has 0 saturated carbocycles. The number of rotatable bonds is 5. The molecule has 0 unspecified atom stereocenters. The van der Waals surface area contributed by atoms with Gasteiger partial charge in [-0.05, 0) is 30.3 Å². The summed E-state index contributed by atoms with van der Waals surface area (Å²) in [7, 11) is 0. The van der Waals surface area contributed by atoms with Crippen molar-refractivity contribution in [3.05, 3.63) is 89.0 Å². The zero-order valence-electron chi connectivity index (χ0n) is 14.2. The molecule has 0 aliphatic rings. The molecule has 0 bridgehead atoms. The highest BCUT2D eigenvalue weighted by atomic mass is 16.6. The molecule has 3 aromatic carbocycles. The third-order valence-electron chi connectivity index (χ3n) is 3.95. The fourth-order valence-corrected chi connectivity index (χ4v) is 2.71. The highest BCUT2D eigenvalue weighted by Crippen LogP contribution is 2.27. The second kappa shape index (κ2) is 7.09. The second-order valence-electron chi connectivity index (χ2n) is 5.84. The van der Waals surface area contributed by atoms with Crippen LogP contribution in [0.1, 0.15) is 0 Å². The first-order valence-corrected chi connectivity index (χ1v) is 8.29. The van der Waals surface area contributed by atoms with E-state index < -0.39 is 4.92 Å². The topological polar surface area (TPSA) is 93.0 Å². The molecule has 0 atom stereocenters. The molecule has 132 valence electrons. The van der Waals surface area contributed by atoms with Crippen LogP contribution in [0.3, 0.4) is 0 Å². The lowest BCUT2D eigenvalue weighted by molar-refractivity contribution is -0.384. The van der Waals surface area contributed by atoms with Crippen LogP contribution in [0.5, 0.6) is 0 Å². The molecule has 1 heterocycles. The second-order valence-corrected chi connectivity index (χ2v) is 5.84. The van der Waals surface area contributed by atoms with Gasteiger partial charge in [0.25, 0.3) is 5.69 Å². The van der Waals surface area contributed by atoms with Crippen LogP contribution in [-0.4, -0.2) is 14.9 Å². The number of hydrogen-bond donors (Lipinski definition) is 2. The Hall–Kier alpha value is -4.00. The van der Waals surface area contributed by atoms with Crippen molar-refractivity contribution in [3.63, 3.8) is 0 Å². The van der Waals surface area contributed by atoms with E-state index in [0.717, 1.165) is 16.6 Å². The monoisotopic (exact) mass is 357 g/mol. The number of nitrogens with one attached hydrogen (secondary N) is 2. The van der Waals surface area contributed by atoms with Gasteiger partial charge < -0.3 is 10.6 Å². The summed E-state index contributed by atoms with van der Waals surface area (Å²) in [6, 6.07) is 23.6. The minimum Gasteiger partial charge on any atom is -0.340 e. The molecule has 0 aliphatic carbocycles. The van der Waals surface area contributed by atoms with E-state index in [-0.39, 0.29) is 5.69 Å². The van der Waals surface area contributed by atoms with Crippen molar-refractivity contribution < 1.29 is 4.92 Å². The molecule has 4 aromatic rings. The minimum absolute atomic E-state index is 0.00317. The summed E-state index contributed by atoms with van der Waals surface area (Å²) in [5.41, 5.74) is 2.22. The van der Waals surface area contributed by atoms with Gasteiger partial charge in [0.05, 0.1) is 10.4 Å². The first-order valence-electron chi connectivity index (χ1n) is 8.29. The molecule has 0 amide bonds. The number of aromatic nitrogens is 2. The van der Waals surface area contributed by atoms with Gasteiger partial charge in [-0.2, -0.15) is 4.98 Å². The van der Waals surface area contributed by atoms with Crippen molar-refractivity contribution in [1.29, 1.82) is 0 Å². The van der Waals surface area contributed by atoms with E-state index in [2.05, 4.69) is 20.6 Å². The van der Waals surface area contributed by atoms with Crippen molar-refractivity contribution in [1.82, 2.24) is 9.97 Å². The molecular weight excluding hydrogens is 342 g/mol. The van der Waals surface area contributed by atoms with Crippen molar-refractivity contribution >= 4 is 39.7 Å². The number of nitro benzene ring substituents is 1. The van der Waals surface area contributed by atoms with Crippen LogP contribution in [-0.2, 0) is 0 Å². The maximum Gasteiger partial charge on any atom is 0.271 e. The Bertz CT molecular complexity index is 1120. The predicted octanol–water partition coefficient (Wildman–Crippen LogP) is 5.03. The third kappa shape index (κ3) is 3.67. The third-order valence-corrected chi connectivity index (χ3v) is 3.95. The number of non-ortho nitro benzene ring substituents is 1. The normalized spacial score (nSPS) is 10.5. The lowest BCUT2D eigenvalue weighted by Gasteiger charge is -2.12. The van der Waals surface area contributed by atoms with E-state index in [9.17, 15) is 10.1 Å². The van der Waals surface area contributed by atoms with E-state index in [1.54, 1.807) is 12.1 Å². The van der Waals surface area contributed by atoms with Crippen molar-refractivity contribution in [2.75, 3.05) is 10.6 Å². The number of nitrogens with zero attached hydrogens (tertiary/aromatic N) is 3. The van der Waals surface area contributed by atoms with Gasteiger partial charge in [0.15, 0.2) is 0 Å². The standard InChI is InChI=1S/C20H15N5O2/c26-25(27)16-10-6-9-15(13-16)22-20-23-18-12-5-4-11-17(18)19(24-20)21-14-7-2-1-3-8-14/h1-13H,(H2,21,22,23,24). The molecule has 0 saturated heterocycles. The number of benzene rings is 3. The van der Waals surface area contributed by atoms with Crippen molar-refractivity contribution in [2.45, 2.75) is 0 Å². The smallest absolute Gasteiger partial charge is 0.271 e. The Balaban J connectivity index is 1.73. The van der Waals surface area contributed by atoms with Crippen LogP contribution in [0, 0.1) is 10.1 Å². The number of anilines is 4. The Labute approximate surface area is 154 Å². The summed E-state index contributed by atoms with van der Waals surface area (Å²) in [5.74, 6) is 1.01. The summed E-state index contributed by atoms with van der Waals surface area (Å²) in [5, 5.41) is 18.2. The van der Waals surface area contributed by atoms with Crippen LogP contribution < -0.4 is 10.6 Å². The molecule has 7 nitrogen and oxygen atoms in total. The molecular formula is C20H15N5O2. The molecule has 2 N–H and O–H groups in total. The Morgan fingerprint density at radius 3 is 2.33 bits per heavy atom. The summed E-state index contributed by atoms with van der Waals surface area (Å²) in [6.07, 6.45) is 0. The van der Waals surface area contributed by atoms with E-state index in [0.29, 0.717) is 17.5 Å². The minimum atomic E-state index is -0.436. The quantitative estimate of drug-likeness (QED) is 0.384. The fraction of sp³-hybridized carbons (Fsp3) is 0. The highest BCUT2D eigenvalue weighted by molar-refractivity contribution is 5.92. The van der Waals surface area contributed by atoms with Crippen LogP contribution in [0.25, 0.3) is 10.9 Å². The van der Waals surface area contributed by atoms with E-state index in [4.69, 9.17) is 0 Å². The van der Waals surface area contributed by atoms with Gasteiger partial charge in [0.1, 0.15) is 5.82 Å². The van der Waals surface area contributed by atoms with Gasteiger partial charge in [0, 0.05) is 28.9 Å². The van der Waals surface area contributed by atoms with E-state index >= 15 is 0 Å². The lowest BCUT2D eigenvalue weighted by Crippen LogP contribution is -2.02. The summed E-state index contributed by atoms with van der Waals surface area (Å²) in [6.45, 7) is 0. The molecule has 0 radical (unpaired) electrons. The van der Waals surface area contributed by atoms with Crippen LogP contribution in [0.15, 0.2) is 78.9 Å². The van der Waals surface area contributed by atoms with Crippen molar-refractivity contribution in [2.24, 2.45) is 0 Å². The number of para-hydroxylation sites is 2. The molecule has 27 heavy (non-hydrogen) atoms. The molecule has 0 aliphatic heterocycles. The van der Waals surface area contributed by atoms with Gasteiger partial charge >= 0.3 is 0 Å². The summed E-state index contributed by atoms with van der Waals surface area (Å²) < 4.78 is 0. The maximum atomic E-state index is 11.0. The molecule has 4 rings (SSSR count). The highest BCUT2D eigenvalue weighted by Gasteiger charge is 2.10. The first kappa shape index (κ1) is 16.5. The largest absolute Gasteiger partial charge is 0.340 e. The van der Waals surface area contributed by atoms with E-state index in [1.807, 2.05) is 54.6 Å². The van der Waals surface area contributed by atoms with Crippen LogP contribution >= 0.6 is 0 Å². The van der Waals surface area contributed by atoms with Crippen molar-refractivity contribution in [3.8, 4) is 0 Å². The van der Waals surface area contributed by atoms with Crippen LogP contribution in [0.4, 0.5) is 28.8 Å². The fourth-order valence-electron chi connectivity index (χ4n) is 2.71. The van der Waals surface area contributed by atoms with E-state index in [1.165, 1.54) is 12.1 Å². The average Bonchev–Trinajstić information content (AvgIpc) is 2.69. The predicted molar refractivity (Wildman–Crippen MR) is 106 cm³/mol. The zero-order chi connectivity index (χ0) is 18.6. The summed E-state index contributed by atoms with van der Waals surface area (Å²) in [4.78, 5) is 19.6. The Morgan fingerprint density at radius 1 is 0.778 bits per heavy atom. The molecule has 1 aromatic heterocycles. The van der Waals surface area contributed by atoms with Gasteiger partial charge in [0.2, 0.25) is 5.95 Å². The zero-order valence-corrected chi connectivity index (χ0v) is 14.2. The van der Waals surface area contributed by atoms with Gasteiger partial charge in [-0.3, -0.25) is 10.1 Å². The SMILES string of the molecule is O=[N+]([O-])c1cccc(Nc2nc(Nc3ccccc3)c3ccccc3n2)c1. The first-order chi connectivity index (χ1) is 13.2. The maximum absolute atomic E-state index is 11.0.